The Morgan fingerprint density at radius 1 is 1.18 bits per heavy atom. The number of hydrogen-bond acceptors (Lipinski definition) is 7. The molecule has 1 amide bonds. The third-order valence-electron chi connectivity index (χ3n) is 4.72. The minimum absolute atomic E-state index is 0.114. The average molecular weight is 495 g/mol. The van der Waals surface area contributed by atoms with Gasteiger partial charge in [0.2, 0.25) is 5.78 Å². The predicted molar refractivity (Wildman–Crippen MR) is 124 cm³/mol. The number of halogens is 2. The van der Waals surface area contributed by atoms with Crippen molar-refractivity contribution in [1.82, 2.24) is 0 Å². The van der Waals surface area contributed by atoms with E-state index in [0.717, 1.165) is 0 Å². The fourth-order valence-corrected chi connectivity index (χ4v) is 3.79. The van der Waals surface area contributed by atoms with Gasteiger partial charge in [-0.2, -0.15) is 0 Å². The molecule has 0 bridgehead atoms. The van der Waals surface area contributed by atoms with Crippen LogP contribution in [0.25, 0.3) is 11.0 Å². The molecule has 11 heteroatoms. The van der Waals surface area contributed by atoms with Gasteiger partial charge in [-0.3, -0.25) is 19.8 Å². The summed E-state index contributed by atoms with van der Waals surface area (Å²) in [5.74, 6) is -0.766. The van der Waals surface area contributed by atoms with E-state index in [2.05, 4.69) is 0 Å². The van der Waals surface area contributed by atoms with Gasteiger partial charge in [0.05, 0.1) is 16.6 Å². The molecule has 0 saturated carbocycles. The van der Waals surface area contributed by atoms with E-state index in [0.29, 0.717) is 18.4 Å². The SMILES string of the molecule is CCOC(=O)N(CCCOC)c1c(C(=O)c2ccc([N+](=O)[O-])cc2)oc2c(Cl)cc(Cl)cc12. The molecule has 0 unspecified atom stereocenters. The number of non-ortho nitro benzene ring substituents is 1. The lowest BCUT2D eigenvalue weighted by Crippen LogP contribution is -2.34. The Hall–Kier alpha value is -3.14. The first kappa shape index (κ1) is 24.5. The van der Waals surface area contributed by atoms with E-state index >= 15 is 0 Å². The van der Waals surface area contributed by atoms with Crippen molar-refractivity contribution in [2.75, 3.05) is 31.8 Å². The Labute approximate surface area is 198 Å². The van der Waals surface area contributed by atoms with Crippen molar-refractivity contribution < 1.29 is 28.4 Å². The van der Waals surface area contributed by atoms with E-state index in [9.17, 15) is 19.7 Å². The Bertz CT molecular complexity index is 1190. The quantitative estimate of drug-likeness (QED) is 0.158. The van der Waals surface area contributed by atoms with Crippen molar-refractivity contribution in [1.29, 1.82) is 0 Å². The van der Waals surface area contributed by atoms with Gasteiger partial charge in [-0.1, -0.05) is 23.2 Å². The molecule has 0 N–H and O–H groups in total. The summed E-state index contributed by atoms with van der Waals surface area (Å²) in [6, 6.07) is 8.04. The Morgan fingerprint density at radius 3 is 2.48 bits per heavy atom. The van der Waals surface area contributed by atoms with Crippen LogP contribution in [-0.4, -0.2) is 43.7 Å². The first-order valence-electron chi connectivity index (χ1n) is 9.92. The van der Waals surface area contributed by atoms with E-state index < -0.39 is 16.8 Å². The van der Waals surface area contributed by atoms with Crippen LogP contribution in [0.15, 0.2) is 40.8 Å². The smallest absolute Gasteiger partial charge is 0.414 e. The summed E-state index contributed by atoms with van der Waals surface area (Å²) in [5, 5.41) is 11.7. The van der Waals surface area contributed by atoms with Crippen molar-refractivity contribution in [3.05, 3.63) is 67.9 Å². The largest absolute Gasteiger partial charge is 0.449 e. The number of anilines is 1. The van der Waals surface area contributed by atoms with Gasteiger partial charge in [0.25, 0.3) is 5.69 Å². The van der Waals surface area contributed by atoms with Gasteiger partial charge >= 0.3 is 6.09 Å². The number of hydrogen-bond donors (Lipinski definition) is 0. The van der Waals surface area contributed by atoms with Gasteiger partial charge in [-0.15, -0.1) is 0 Å². The van der Waals surface area contributed by atoms with Crippen LogP contribution >= 0.6 is 23.2 Å². The number of benzene rings is 2. The summed E-state index contributed by atoms with van der Waals surface area (Å²) in [4.78, 5) is 37.9. The highest BCUT2D eigenvalue weighted by Gasteiger charge is 2.31. The number of nitrogens with zero attached hydrogens (tertiary/aromatic N) is 2. The monoisotopic (exact) mass is 494 g/mol. The normalized spacial score (nSPS) is 10.9. The van der Waals surface area contributed by atoms with Crippen LogP contribution in [0.1, 0.15) is 29.5 Å². The molecule has 2 aromatic carbocycles. The molecular weight excluding hydrogens is 475 g/mol. The second kappa shape index (κ2) is 10.7. The summed E-state index contributed by atoms with van der Waals surface area (Å²) < 4.78 is 16.1. The van der Waals surface area contributed by atoms with E-state index in [1.165, 1.54) is 48.4 Å². The number of amides is 1. The zero-order valence-electron chi connectivity index (χ0n) is 17.8. The maximum absolute atomic E-state index is 13.4. The minimum atomic E-state index is -0.690. The van der Waals surface area contributed by atoms with Crippen LogP contribution in [0, 0.1) is 10.1 Å². The maximum atomic E-state index is 13.4. The second-order valence-electron chi connectivity index (χ2n) is 6.87. The molecule has 0 saturated heterocycles. The Balaban J connectivity index is 2.20. The second-order valence-corrected chi connectivity index (χ2v) is 7.72. The van der Waals surface area contributed by atoms with Crippen molar-refractivity contribution >= 4 is 57.4 Å². The topological polar surface area (TPSA) is 112 Å². The molecule has 3 rings (SSSR count). The molecular formula is C22H20Cl2N2O7. The molecule has 0 radical (unpaired) electrons. The first-order valence-corrected chi connectivity index (χ1v) is 10.7. The molecule has 174 valence electrons. The number of ether oxygens (including phenoxy) is 2. The molecule has 33 heavy (non-hydrogen) atoms. The van der Waals surface area contributed by atoms with Crippen LogP contribution in [0.4, 0.5) is 16.2 Å². The van der Waals surface area contributed by atoms with Crippen LogP contribution in [0.3, 0.4) is 0 Å². The lowest BCUT2D eigenvalue weighted by atomic mass is 10.1. The van der Waals surface area contributed by atoms with Gasteiger partial charge in [-0.25, -0.2) is 4.79 Å². The van der Waals surface area contributed by atoms with Gasteiger partial charge in [-0.05, 0) is 37.6 Å². The van der Waals surface area contributed by atoms with Crippen molar-refractivity contribution in [2.45, 2.75) is 13.3 Å². The molecule has 0 spiro atoms. The highest BCUT2D eigenvalue weighted by Crippen LogP contribution is 2.41. The van der Waals surface area contributed by atoms with Crippen LogP contribution in [-0.2, 0) is 9.47 Å². The molecule has 0 aliphatic heterocycles. The molecule has 0 aliphatic carbocycles. The molecule has 0 atom stereocenters. The standard InChI is InChI=1S/C22H20Cl2N2O7/c1-3-32-22(28)25(9-4-10-31-2)18-16-11-14(23)12-17(24)20(16)33-21(18)19(27)13-5-7-15(8-6-13)26(29)30/h5-8,11-12H,3-4,9-10H2,1-2H3. The maximum Gasteiger partial charge on any atom is 0.414 e. The van der Waals surface area contributed by atoms with Crippen LogP contribution < -0.4 is 4.90 Å². The number of ketones is 1. The number of nitro benzene ring substituents is 1. The number of carbonyl (C=O) groups is 2. The number of rotatable bonds is 9. The fraction of sp³-hybridized carbons (Fsp3) is 0.273. The van der Waals surface area contributed by atoms with Gasteiger partial charge in [0.1, 0.15) is 5.69 Å². The number of methoxy groups -OCH3 is 1. The lowest BCUT2D eigenvalue weighted by molar-refractivity contribution is -0.384. The Morgan fingerprint density at radius 2 is 1.88 bits per heavy atom. The molecule has 1 heterocycles. The summed E-state index contributed by atoms with van der Waals surface area (Å²) in [5.41, 5.74) is 0.275. The summed E-state index contributed by atoms with van der Waals surface area (Å²) in [7, 11) is 1.53. The number of carbonyl (C=O) groups excluding carboxylic acids is 2. The molecule has 0 fully saturated rings. The number of nitro groups is 1. The average Bonchev–Trinajstić information content (AvgIpc) is 3.15. The number of fused-ring (bicyclic) bond motifs is 1. The van der Waals surface area contributed by atoms with Crippen LogP contribution in [0.5, 0.6) is 0 Å². The fourth-order valence-electron chi connectivity index (χ4n) is 3.26. The van der Waals surface area contributed by atoms with Gasteiger partial charge in [0.15, 0.2) is 11.3 Å². The van der Waals surface area contributed by atoms with Gasteiger partial charge < -0.3 is 13.9 Å². The summed E-state index contributed by atoms with van der Waals surface area (Å²) >= 11 is 12.5. The van der Waals surface area contributed by atoms with E-state index in [1.807, 2.05) is 0 Å². The van der Waals surface area contributed by atoms with Crippen LogP contribution in [0.2, 0.25) is 10.0 Å². The van der Waals surface area contributed by atoms with E-state index in [1.54, 1.807) is 6.92 Å². The summed E-state index contributed by atoms with van der Waals surface area (Å²) in [6.07, 6.45) is -0.244. The van der Waals surface area contributed by atoms with Gasteiger partial charge in [0, 0.05) is 48.4 Å². The molecule has 3 aromatic rings. The summed E-state index contributed by atoms with van der Waals surface area (Å²) in [6.45, 7) is 2.29. The predicted octanol–water partition coefficient (Wildman–Crippen LogP) is 5.88. The molecule has 1 aromatic heterocycles. The first-order chi connectivity index (χ1) is 15.8. The Kier molecular flexibility index (Phi) is 7.91. The van der Waals surface area contributed by atoms with E-state index in [-0.39, 0.29) is 51.5 Å². The highest BCUT2D eigenvalue weighted by atomic mass is 35.5. The number of furan rings is 1. The zero-order chi connectivity index (χ0) is 24.1. The third-order valence-corrected chi connectivity index (χ3v) is 5.22. The third kappa shape index (κ3) is 5.27. The highest BCUT2D eigenvalue weighted by molar-refractivity contribution is 6.39. The molecule has 9 nitrogen and oxygen atoms in total. The van der Waals surface area contributed by atoms with E-state index in [4.69, 9.17) is 37.1 Å². The van der Waals surface area contributed by atoms with Crippen molar-refractivity contribution in [3.8, 4) is 0 Å². The van der Waals surface area contributed by atoms with Crippen molar-refractivity contribution in [2.24, 2.45) is 0 Å². The lowest BCUT2D eigenvalue weighted by Gasteiger charge is -2.22. The van der Waals surface area contributed by atoms with Crippen molar-refractivity contribution in [3.63, 3.8) is 0 Å². The zero-order valence-corrected chi connectivity index (χ0v) is 19.3. The molecule has 0 aliphatic rings. The minimum Gasteiger partial charge on any atom is -0.449 e.